The van der Waals surface area contributed by atoms with Gasteiger partial charge in [0, 0.05) is 36.1 Å². The Balaban J connectivity index is 1.67. The number of aryl methyl sites for hydroxylation is 1. The summed E-state index contributed by atoms with van der Waals surface area (Å²) in [7, 11) is 0. The van der Waals surface area contributed by atoms with Gasteiger partial charge in [0.05, 0.1) is 27.4 Å². The van der Waals surface area contributed by atoms with E-state index < -0.39 is 0 Å². The van der Waals surface area contributed by atoms with E-state index in [-0.39, 0.29) is 11.0 Å². The molecule has 2 aromatic heterocycles. The fourth-order valence-electron chi connectivity index (χ4n) is 3.30. The first-order chi connectivity index (χ1) is 12.4. The van der Waals surface area contributed by atoms with Crippen molar-refractivity contribution in [1.29, 1.82) is 0 Å². The van der Waals surface area contributed by atoms with Crippen LogP contribution in [0, 0.1) is 6.92 Å². The van der Waals surface area contributed by atoms with Gasteiger partial charge in [0.25, 0.3) is 5.56 Å². The van der Waals surface area contributed by atoms with Crippen LogP contribution in [0.2, 0.25) is 0 Å². The standard InChI is InChI=1S/C18H15Br2N3O3/c1-9-21-15-2-3-23(7-13(15)18(25)22-9)6-10-8-26-17-12(16(10)24)4-11(19)5-14(17)20/h4-5,8H,2-3,6-7H2,1H3,(H,21,22,25). The minimum absolute atomic E-state index is 0.0602. The number of hydrogen-bond donors (Lipinski definition) is 1. The van der Waals surface area contributed by atoms with E-state index in [2.05, 4.69) is 46.7 Å². The minimum Gasteiger partial charge on any atom is -0.463 e. The molecule has 1 aliphatic rings. The van der Waals surface area contributed by atoms with Gasteiger partial charge in [0.2, 0.25) is 0 Å². The summed E-state index contributed by atoms with van der Waals surface area (Å²) in [5, 5.41) is 0.524. The molecule has 0 unspecified atom stereocenters. The Morgan fingerprint density at radius 1 is 1.31 bits per heavy atom. The van der Waals surface area contributed by atoms with E-state index in [4.69, 9.17) is 4.42 Å². The number of halogens is 2. The average Bonchev–Trinajstić information content (AvgIpc) is 2.58. The molecule has 26 heavy (non-hydrogen) atoms. The van der Waals surface area contributed by atoms with E-state index in [0.29, 0.717) is 47.4 Å². The highest BCUT2D eigenvalue weighted by molar-refractivity contribution is 9.11. The molecule has 3 aromatic rings. The molecule has 0 spiro atoms. The van der Waals surface area contributed by atoms with Gasteiger partial charge in [-0.25, -0.2) is 4.98 Å². The SMILES string of the molecule is Cc1nc2c(c(=O)[nH]1)CN(Cc1coc3c(Br)cc(Br)cc3c1=O)CC2. The molecule has 6 nitrogen and oxygen atoms in total. The van der Waals surface area contributed by atoms with Crippen molar-refractivity contribution in [2.75, 3.05) is 6.54 Å². The van der Waals surface area contributed by atoms with E-state index in [1.165, 1.54) is 6.26 Å². The summed E-state index contributed by atoms with van der Waals surface area (Å²) >= 11 is 6.82. The summed E-state index contributed by atoms with van der Waals surface area (Å²) in [6.07, 6.45) is 2.20. The van der Waals surface area contributed by atoms with Crippen LogP contribution in [0.1, 0.15) is 22.6 Å². The lowest BCUT2D eigenvalue weighted by molar-refractivity contribution is 0.239. The Kier molecular flexibility index (Phi) is 4.58. The Labute approximate surface area is 165 Å². The maximum absolute atomic E-state index is 12.9. The molecule has 0 aliphatic carbocycles. The first-order valence-corrected chi connectivity index (χ1v) is 9.71. The molecule has 8 heteroatoms. The van der Waals surface area contributed by atoms with Crippen LogP contribution >= 0.6 is 31.9 Å². The van der Waals surface area contributed by atoms with Gasteiger partial charge < -0.3 is 9.40 Å². The number of aromatic amines is 1. The van der Waals surface area contributed by atoms with Crippen LogP contribution in [0.4, 0.5) is 0 Å². The Bertz CT molecular complexity index is 1140. The second kappa shape index (κ2) is 6.75. The molecular weight excluding hydrogens is 466 g/mol. The van der Waals surface area contributed by atoms with Crippen LogP contribution in [-0.2, 0) is 19.5 Å². The molecule has 3 heterocycles. The summed E-state index contributed by atoms with van der Waals surface area (Å²) in [5.41, 5.74) is 2.47. The van der Waals surface area contributed by atoms with Crippen LogP contribution in [0.3, 0.4) is 0 Å². The molecule has 0 saturated heterocycles. The van der Waals surface area contributed by atoms with Gasteiger partial charge in [0.15, 0.2) is 11.0 Å². The van der Waals surface area contributed by atoms with Gasteiger partial charge in [-0.05, 0) is 35.0 Å². The topological polar surface area (TPSA) is 79.2 Å². The van der Waals surface area contributed by atoms with Crippen LogP contribution in [0.25, 0.3) is 11.0 Å². The normalized spacial score (nSPS) is 14.6. The van der Waals surface area contributed by atoms with Gasteiger partial charge in [-0.3, -0.25) is 14.5 Å². The van der Waals surface area contributed by atoms with Crippen LogP contribution in [0.5, 0.6) is 0 Å². The predicted octanol–water partition coefficient (Wildman–Crippen LogP) is 3.27. The Morgan fingerprint density at radius 2 is 2.12 bits per heavy atom. The smallest absolute Gasteiger partial charge is 0.255 e. The van der Waals surface area contributed by atoms with E-state index in [0.717, 1.165) is 21.2 Å². The fraction of sp³-hybridized carbons (Fsp3) is 0.278. The number of aromatic nitrogens is 2. The molecule has 4 rings (SSSR count). The number of hydrogen-bond acceptors (Lipinski definition) is 5. The lowest BCUT2D eigenvalue weighted by Gasteiger charge is -2.27. The number of rotatable bonds is 2. The molecule has 1 N–H and O–H groups in total. The fourth-order valence-corrected chi connectivity index (χ4v) is 4.61. The third-order valence-corrected chi connectivity index (χ3v) is 5.57. The summed E-state index contributed by atoms with van der Waals surface area (Å²) in [6, 6.07) is 3.60. The predicted molar refractivity (Wildman–Crippen MR) is 105 cm³/mol. The Morgan fingerprint density at radius 3 is 2.92 bits per heavy atom. The molecule has 0 fully saturated rings. The molecule has 1 aromatic carbocycles. The highest BCUT2D eigenvalue weighted by atomic mass is 79.9. The third-order valence-electron chi connectivity index (χ3n) is 4.52. The lowest BCUT2D eigenvalue weighted by atomic mass is 10.1. The van der Waals surface area contributed by atoms with Crippen molar-refractivity contribution >= 4 is 42.8 Å². The number of fused-ring (bicyclic) bond motifs is 2. The number of benzene rings is 1. The van der Waals surface area contributed by atoms with E-state index in [9.17, 15) is 9.59 Å². The van der Waals surface area contributed by atoms with Crippen molar-refractivity contribution < 1.29 is 4.42 Å². The van der Waals surface area contributed by atoms with Crippen molar-refractivity contribution in [1.82, 2.24) is 14.9 Å². The zero-order valence-corrected chi connectivity index (χ0v) is 17.1. The first kappa shape index (κ1) is 17.6. The second-order valence-corrected chi connectivity index (χ2v) is 8.16. The Hall–Kier alpha value is -1.77. The van der Waals surface area contributed by atoms with Gasteiger partial charge in [-0.1, -0.05) is 15.9 Å². The van der Waals surface area contributed by atoms with Gasteiger partial charge in [-0.2, -0.15) is 0 Å². The molecule has 0 radical (unpaired) electrons. The third kappa shape index (κ3) is 3.17. The lowest BCUT2D eigenvalue weighted by Crippen LogP contribution is -2.36. The largest absolute Gasteiger partial charge is 0.463 e. The van der Waals surface area contributed by atoms with Gasteiger partial charge in [0.1, 0.15) is 5.82 Å². The minimum atomic E-state index is -0.101. The first-order valence-electron chi connectivity index (χ1n) is 8.13. The monoisotopic (exact) mass is 479 g/mol. The zero-order chi connectivity index (χ0) is 18.4. The van der Waals surface area contributed by atoms with Crippen molar-refractivity contribution in [3.8, 4) is 0 Å². The molecule has 0 saturated carbocycles. The van der Waals surface area contributed by atoms with E-state index >= 15 is 0 Å². The van der Waals surface area contributed by atoms with Crippen molar-refractivity contribution in [2.45, 2.75) is 26.4 Å². The number of nitrogens with one attached hydrogen (secondary N) is 1. The number of H-pyrrole nitrogens is 1. The zero-order valence-electron chi connectivity index (χ0n) is 13.9. The van der Waals surface area contributed by atoms with Gasteiger partial charge in [-0.15, -0.1) is 0 Å². The maximum Gasteiger partial charge on any atom is 0.255 e. The molecular formula is C18H15Br2N3O3. The molecule has 0 bridgehead atoms. The number of nitrogens with zero attached hydrogens (tertiary/aromatic N) is 2. The average molecular weight is 481 g/mol. The summed E-state index contributed by atoms with van der Waals surface area (Å²) in [4.78, 5) is 34.3. The van der Waals surface area contributed by atoms with E-state index in [1.807, 2.05) is 6.07 Å². The maximum atomic E-state index is 12.9. The highest BCUT2D eigenvalue weighted by Gasteiger charge is 2.22. The molecule has 1 aliphatic heterocycles. The van der Waals surface area contributed by atoms with Crippen LogP contribution in [0.15, 0.2) is 41.3 Å². The highest BCUT2D eigenvalue weighted by Crippen LogP contribution is 2.27. The van der Waals surface area contributed by atoms with Crippen LogP contribution in [-0.4, -0.2) is 21.4 Å². The molecule has 134 valence electrons. The summed E-state index contributed by atoms with van der Waals surface area (Å²) in [5.74, 6) is 0.633. The van der Waals surface area contributed by atoms with Crippen molar-refractivity contribution in [2.24, 2.45) is 0 Å². The van der Waals surface area contributed by atoms with Crippen molar-refractivity contribution in [3.05, 3.63) is 70.6 Å². The quantitative estimate of drug-likeness (QED) is 0.608. The summed E-state index contributed by atoms with van der Waals surface area (Å²) in [6.45, 7) is 3.42. The van der Waals surface area contributed by atoms with Crippen LogP contribution < -0.4 is 11.0 Å². The van der Waals surface area contributed by atoms with E-state index in [1.54, 1.807) is 13.0 Å². The van der Waals surface area contributed by atoms with Crippen molar-refractivity contribution in [3.63, 3.8) is 0 Å². The van der Waals surface area contributed by atoms with Gasteiger partial charge >= 0.3 is 0 Å². The second-order valence-electron chi connectivity index (χ2n) is 6.39. The molecule has 0 atom stereocenters. The molecule has 0 amide bonds. The summed E-state index contributed by atoms with van der Waals surface area (Å²) < 4.78 is 7.22.